The van der Waals surface area contributed by atoms with Crippen molar-refractivity contribution in [3.63, 3.8) is 0 Å². The van der Waals surface area contributed by atoms with E-state index in [1.807, 2.05) is 24.3 Å². The van der Waals surface area contributed by atoms with E-state index in [4.69, 9.17) is 5.73 Å². The molecule has 20 heavy (non-hydrogen) atoms. The van der Waals surface area contributed by atoms with Crippen molar-refractivity contribution in [1.82, 2.24) is 0 Å². The topological polar surface area (TPSA) is 63.3 Å². The van der Waals surface area contributed by atoms with E-state index in [9.17, 15) is 9.90 Å². The van der Waals surface area contributed by atoms with Crippen LogP contribution in [0.4, 0.5) is 0 Å². The van der Waals surface area contributed by atoms with Gasteiger partial charge in [-0.2, -0.15) is 0 Å². The molecule has 0 amide bonds. The molecule has 1 aromatic rings. The summed E-state index contributed by atoms with van der Waals surface area (Å²) in [4.78, 5) is 11.2. The molecule has 3 N–H and O–H groups in total. The predicted octanol–water partition coefficient (Wildman–Crippen LogP) is 4.26. The summed E-state index contributed by atoms with van der Waals surface area (Å²) in [5.41, 5.74) is 7.30. The summed E-state index contributed by atoms with van der Waals surface area (Å²) in [6.45, 7) is 0. The Morgan fingerprint density at radius 3 is 2.40 bits per heavy atom. The van der Waals surface area contributed by atoms with Gasteiger partial charge in [-0.15, -0.1) is 0 Å². The maximum atomic E-state index is 11.2. The zero-order valence-electron chi connectivity index (χ0n) is 11.6. The van der Waals surface area contributed by atoms with Crippen LogP contribution in [0.15, 0.2) is 28.7 Å². The van der Waals surface area contributed by atoms with Gasteiger partial charge in [-0.25, -0.2) is 0 Å². The molecule has 110 valence electrons. The molecule has 1 aromatic carbocycles. The minimum absolute atomic E-state index is 0.0828. The van der Waals surface area contributed by atoms with Crippen molar-refractivity contribution in [1.29, 1.82) is 0 Å². The molecule has 0 aliphatic heterocycles. The highest BCUT2D eigenvalue weighted by atomic mass is 79.9. The van der Waals surface area contributed by atoms with Crippen LogP contribution < -0.4 is 5.73 Å². The Morgan fingerprint density at radius 1 is 1.25 bits per heavy atom. The molecule has 1 unspecified atom stereocenters. The normalized spacial score (nSPS) is 19.5. The molecule has 1 aliphatic carbocycles. The first-order valence-corrected chi connectivity index (χ1v) is 8.03. The van der Waals surface area contributed by atoms with Gasteiger partial charge >= 0.3 is 5.97 Å². The molecular formula is C16H22BrNO2. The standard InChI is InChI=1S/C16H22BrNO2/c17-13-6-4-12(5-7-13)14(18)10-16(11-15(19)20)8-2-1-3-9-16/h4-7,14H,1-3,8-11,18H2,(H,19,20). The van der Waals surface area contributed by atoms with Gasteiger partial charge in [-0.05, 0) is 42.4 Å². The van der Waals surface area contributed by atoms with Gasteiger partial charge in [0.2, 0.25) is 0 Å². The third kappa shape index (κ3) is 4.06. The summed E-state index contributed by atoms with van der Waals surface area (Å²) >= 11 is 3.42. The summed E-state index contributed by atoms with van der Waals surface area (Å²) in [5, 5.41) is 9.20. The van der Waals surface area contributed by atoms with E-state index < -0.39 is 5.97 Å². The lowest BCUT2D eigenvalue weighted by atomic mass is 9.67. The fraction of sp³-hybridized carbons (Fsp3) is 0.562. The van der Waals surface area contributed by atoms with Crippen molar-refractivity contribution in [3.05, 3.63) is 34.3 Å². The molecule has 0 heterocycles. The summed E-state index contributed by atoms with van der Waals surface area (Å²) < 4.78 is 1.03. The molecule has 2 rings (SSSR count). The van der Waals surface area contributed by atoms with Crippen LogP contribution in [-0.2, 0) is 4.79 Å². The number of aliphatic carboxylic acids is 1. The van der Waals surface area contributed by atoms with Crippen molar-refractivity contribution in [2.24, 2.45) is 11.1 Å². The van der Waals surface area contributed by atoms with Crippen LogP contribution in [0.3, 0.4) is 0 Å². The van der Waals surface area contributed by atoms with Crippen LogP contribution in [0.1, 0.15) is 56.6 Å². The number of carboxylic acids is 1. The zero-order valence-corrected chi connectivity index (χ0v) is 13.2. The van der Waals surface area contributed by atoms with E-state index in [1.165, 1.54) is 6.42 Å². The first-order valence-electron chi connectivity index (χ1n) is 7.24. The first kappa shape index (κ1) is 15.5. The second-order valence-corrected chi connectivity index (χ2v) is 6.91. The van der Waals surface area contributed by atoms with Gasteiger partial charge in [-0.1, -0.05) is 47.3 Å². The summed E-state index contributed by atoms with van der Waals surface area (Å²) in [7, 11) is 0. The van der Waals surface area contributed by atoms with E-state index >= 15 is 0 Å². The SMILES string of the molecule is NC(CC1(CC(=O)O)CCCCC1)c1ccc(Br)cc1. The smallest absolute Gasteiger partial charge is 0.303 e. The molecule has 0 saturated heterocycles. The van der Waals surface area contributed by atoms with Crippen LogP contribution >= 0.6 is 15.9 Å². The van der Waals surface area contributed by atoms with Crippen LogP contribution in [0.25, 0.3) is 0 Å². The van der Waals surface area contributed by atoms with Crippen molar-refractivity contribution in [2.75, 3.05) is 0 Å². The summed E-state index contributed by atoms with van der Waals surface area (Å²) in [6, 6.07) is 7.93. The third-order valence-corrected chi connectivity index (χ3v) is 4.92. The monoisotopic (exact) mass is 339 g/mol. The predicted molar refractivity (Wildman–Crippen MR) is 83.5 cm³/mol. The number of hydrogen-bond donors (Lipinski definition) is 2. The van der Waals surface area contributed by atoms with E-state index in [2.05, 4.69) is 15.9 Å². The van der Waals surface area contributed by atoms with Crippen LogP contribution in [0.2, 0.25) is 0 Å². The second-order valence-electron chi connectivity index (χ2n) is 5.99. The van der Waals surface area contributed by atoms with E-state index in [0.717, 1.165) is 42.1 Å². The van der Waals surface area contributed by atoms with Gasteiger partial charge in [0.25, 0.3) is 0 Å². The fourth-order valence-electron chi connectivity index (χ4n) is 3.37. The maximum absolute atomic E-state index is 11.2. The van der Waals surface area contributed by atoms with Crippen LogP contribution in [-0.4, -0.2) is 11.1 Å². The first-order chi connectivity index (χ1) is 9.51. The van der Waals surface area contributed by atoms with Gasteiger partial charge in [0.05, 0.1) is 6.42 Å². The zero-order chi connectivity index (χ0) is 14.6. The highest BCUT2D eigenvalue weighted by Gasteiger charge is 2.36. The van der Waals surface area contributed by atoms with Gasteiger partial charge in [0, 0.05) is 10.5 Å². The van der Waals surface area contributed by atoms with E-state index in [1.54, 1.807) is 0 Å². The van der Waals surface area contributed by atoms with Crippen molar-refractivity contribution in [3.8, 4) is 0 Å². The number of carboxylic acid groups (broad SMARTS) is 1. The molecule has 0 spiro atoms. The molecule has 0 radical (unpaired) electrons. The van der Waals surface area contributed by atoms with Gasteiger partial charge in [-0.3, -0.25) is 4.79 Å². The lowest BCUT2D eigenvalue weighted by molar-refractivity contribution is -0.140. The second kappa shape index (κ2) is 6.72. The number of halogens is 1. The number of carbonyl (C=O) groups is 1. The van der Waals surface area contributed by atoms with Crippen molar-refractivity contribution in [2.45, 2.75) is 51.0 Å². The number of benzene rings is 1. The van der Waals surface area contributed by atoms with Crippen molar-refractivity contribution < 1.29 is 9.90 Å². The van der Waals surface area contributed by atoms with Crippen LogP contribution in [0.5, 0.6) is 0 Å². The largest absolute Gasteiger partial charge is 0.481 e. The molecule has 1 atom stereocenters. The fourth-order valence-corrected chi connectivity index (χ4v) is 3.63. The highest BCUT2D eigenvalue weighted by Crippen LogP contribution is 2.45. The molecule has 4 heteroatoms. The van der Waals surface area contributed by atoms with Crippen molar-refractivity contribution >= 4 is 21.9 Å². The lowest BCUT2D eigenvalue weighted by Gasteiger charge is -2.38. The third-order valence-electron chi connectivity index (χ3n) is 4.39. The van der Waals surface area contributed by atoms with E-state index in [0.29, 0.717) is 0 Å². The average molecular weight is 340 g/mol. The Hall–Kier alpha value is -0.870. The van der Waals surface area contributed by atoms with Crippen LogP contribution in [0, 0.1) is 5.41 Å². The van der Waals surface area contributed by atoms with Gasteiger partial charge in [0.15, 0.2) is 0 Å². The quantitative estimate of drug-likeness (QED) is 0.842. The molecule has 0 aromatic heterocycles. The Balaban J connectivity index is 2.10. The molecular weight excluding hydrogens is 318 g/mol. The number of rotatable bonds is 5. The molecule has 1 aliphatic rings. The Bertz CT molecular complexity index is 452. The average Bonchev–Trinajstić information content (AvgIpc) is 2.39. The lowest BCUT2D eigenvalue weighted by Crippen LogP contribution is -2.31. The molecule has 1 saturated carbocycles. The van der Waals surface area contributed by atoms with Gasteiger partial charge in [0.1, 0.15) is 0 Å². The minimum Gasteiger partial charge on any atom is -0.481 e. The minimum atomic E-state index is -0.699. The highest BCUT2D eigenvalue weighted by molar-refractivity contribution is 9.10. The molecule has 3 nitrogen and oxygen atoms in total. The maximum Gasteiger partial charge on any atom is 0.303 e. The Kier molecular flexibility index (Phi) is 5.22. The summed E-state index contributed by atoms with van der Waals surface area (Å²) in [6.07, 6.45) is 6.46. The molecule has 0 bridgehead atoms. The van der Waals surface area contributed by atoms with E-state index in [-0.39, 0.29) is 17.9 Å². The number of nitrogens with two attached hydrogens (primary N) is 1. The summed E-state index contributed by atoms with van der Waals surface area (Å²) in [5.74, 6) is -0.699. The Morgan fingerprint density at radius 2 is 1.85 bits per heavy atom. The number of hydrogen-bond acceptors (Lipinski definition) is 2. The Labute approximate surface area is 128 Å². The van der Waals surface area contributed by atoms with Gasteiger partial charge < -0.3 is 10.8 Å². The molecule has 1 fully saturated rings.